The fraction of sp³-hybridized carbons (Fsp3) is 0.200. The molecule has 1 heterocycles. The third-order valence-corrected chi connectivity index (χ3v) is 1.97. The van der Waals surface area contributed by atoms with Gasteiger partial charge in [-0.2, -0.15) is 0 Å². The van der Waals surface area contributed by atoms with E-state index in [-0.39, 0.29) is 0 Å². The van der Waals surface area contributed by atoms with Gasteiger partial charge in [-0.25, -0.2) is 9.97 Å². The minimum absolute atomic E-state index is 0.488. The van der Waals surface area contributed by atoms with Crippen LogP contribution in [0.4, 0.5) is 5.82 Å². The molecule has 0 saturated heterocycles. The van der Waals surface area contributed by atoms with Gasteiger partial charge in [-0.05, 0) is 22.9 Å². The van der Waals surface area contributed by atoms with E-state index in [1.807, 2.05) is 6.92 Å². The van der Waals surface area contributed by atoms with Crippen molar-refractivity contribution in [3.63, 3.8) is 0 Å². The molecule has 0 aliphatic carbocycles. The molecule has 3 nitrogen and oxygen atoms in total. The quantitative estimate of drug-likeness (QED) is 0.663. The van der Waals surface area contributed by atoms with Crippen molar-refractivity contribution in [1.82, 2.24) is 9.97 Å². The van der Waals surface area contributed by atoms with Crippen LogP contribution < -0.4 is 5.73 Å². The second kappa shape index (κ2) is 2.31. The zero-order valence-electron chi connectivity index (χ0n) is 4.93. The Morgan fingerprint density at radius 1 is 1.56 bits per heavy atom. The van der Waals surface area contributed by atoms with E-state index in [1.54, 1.807) is 0 Å². The van der Waals surface area contributed by atoms with Crippen molar-refractivity contribution >= 4 is 21.7 Å². The normalized spacial score (nSPS) is 9.56. The number of anilines is 1. The Morgan fingerprint density at radius 2 is 2.22 bits per heavy atom. The smallest absolute Gasteiger partial charge is 0.141 e. The Morgan fingerprint density at radius 3 is 2.67 bits per heavy atom. The highest BCUT2D eigenvalue weighted by molar-refractivity contribution is 9.10. The lowest BCUT2D eigenvalue weighted by atomic mass is 10.4. The van der Waals surface area contributed by atoms with E-state index in [9.17, 15) is 0 Å². The maximum atomic E-state index is 5.42. The van der Waals surface area contributed by atoms with Crippen LogP contribution in [0.2, 0.25) is 0 Å². The summed E-state index contributed by atoms with van der Waals surface area (Å²) in [5, 5.41) is 0. The van der Waals surface area contributed by atoms with E-state index in [1.165, 1.54) is 6.33 Å². The lowest BCUT2D eigenvalue weighted by molar-refractivity contribution is 1.09. The number of nitrogen functional groups attached to an aromatic ring is 1. The van der Waals surface area contributed by atoms with Gasteiger partial charge in [-0.15, -0.1) is 0 Å². The van der Waals surface area contributed by atoms with Crippen LogP contribution >= 0.6 is 15.9 Å². The molecule has 1 rings (SSSR count). The van der Waals surface area contributed by atoms with Crippen molar-refractivity contribution in [3.05, 3.63) is 16.5 Å². The molecule has 0 fully saturated rings. The summed E-state index contributed by atoms with van der Waals surface area (Å²) in [7, 11) is 0. The maximum Gasteiger partial charge on any atom is 0.141 e. The molecule has 0 aromatic carbocycles. The number of hydrogen-bond acceptors (Lipinski definition) is 3. The summed E-state index contributed by atoms with van der Waals surface area (Å²) >= 11 is 3.23. The van der Waals surface area contributed by atoms with E-state index >= 15 is 0 Å². The molecule has 1 aromatic rings. The second-order valence-electron chi connectivity index (χ2n) is 1.66. The second-order valence-corrected chi connectivity index (χ2v) is 2.45. The molecule has 0 atom stereocenters. The molecule has 9 heavy (non-hydrogen) atoms. The van der Waals surface area contributed by atoms with Crippen molar-refractivity contribution in [2.75, 3.05) is 5.73 Å². The minimum atomic E-state index is 0.488. The van der Waals surface area contributed by atoms with E-state index in [0.717, 1.165) is 10.2 Å². The van der Waals surface area contributed by atoms with E-state index in [4.69, 9.17) is 5.73 Å². The molecule has 2 N–H and O–H groups in total. The van der Waals surface area contributed by atoms with Gasteiger partial charge < -0.3 is 5.73 Å². The first-order chi connectivity index (χ1) is 4.22. The molecule has 0 bridgehead atoms. The van der Waals surface area contributed by atoms with Gasteiger partial charge in [0.15, 0.2) is 0 Å². The lowest BCUT2D eigenvalue weighted by Crippen LogP contribution is -1.94. The highest BCUT2D eigenvalue weighted by atomic mass is 79.9. The molecule has 0 amide bonds. The fourth-order valence-corrected chi connectivity index (χ4v) is 0.681. The average molecular weight is 188 g/mol. The molecule has 0 aliphatic heterocycles. The average Bonchev–Trinajstić information content (AvgIpc) is 1.83. The minimum Gasteiger partial charge on any atom is -0.383 e. The first-order valence-corrected chi connectivity index (χ1v) is 3.23. The third-order valence-electron chi connectivity index (χ3n) is 0.991. The van der Waals surface area contributed by atoms with Gasteiger partial charge in [0.05, 0.1) is 10.2 Å². The topological polar surface area (TPSA) is 51.8 Å². The highest BCUT2D eigenvalue weighted by Gasteiger charge is 1.97. The molecule has 0 unspecified atom stereocenters. The predicted octanol–water partition coefficient (Wildman–Crippen LogP) is 1.13. The fourth-order valence-electron chi connectivity index (χ4n) is 0.476. The molecule has 0 aliphatic rings. The molecule has 0 saturated carbocycles. The molecule has 0 spiro atoms. The van der Waals surface area contributed by atoms with Gasteiger partial charge in [0, 0.05) is 0 Å². The largest absolute Gasteiger partial charge is 0.383 e. The molecule has 4 heteroatoms. The Balaban J connectivity index is 3.25. The number of nitrogens with zero attached hydrogens (tertiary/aromatic N) is 2. The van der Waals surface area contributed by atoms with E-state index < -0.39 is 0 Å². The molecular weight excluding hydrogens is 182 g/mol. The van der Waals surface area contributed by atoms with Gasteiger partial charge in [0.25, 0.3) is 0 Å². The molecule has 0 radical (unpaired) electrons. The Labute approximate surface area is 61.4 Å². The number of aryl methyl sites for hydroxylation is 1. The summed E-state index contributed by atoms with van der Waals surface area (Å²) in [6.07, 6.45) is 1.44. The predicted molar refractivity (Wildman–Crippen MR) is 38.9 cm³/mol. The van der Waals surface area contributed by atoms with Crippen LogP contribution in [-0.4, -0.2) is 9.97 Å². The number of rotatable bonds is 0. The van der Waals surface area contributed by atoms with Crippen molar-refractivity contribution < 1.29 is 0 Å². The van der Waals surface area contributed by atoms with Gasteiger partial charge in [-0.1, -0.05) is 0 Å². The summed E-state index contributed by atoms with van der Waals surface area (Å²) in [5.74, 6) is 0.488. The summed E-state index contributed by atoms with van der Waals surface area (Å²) in [4.78, 5) is 7.66. The number of aromatic nitrogens is 2. The van der Waals surface area contributed by atoms with Crippen LogP contribution in [0, 0.1) is 6.92 Å². The summed E-state index contributed by atoms with van der Waals surface area (Å²) in [6.45, 7) is 1.86. The maximum absolute atomic E-state index is 5.42. The van der Waals surface area contributed by atoms with E-state index in [0.29, 0.717) is 5.82 Å². The van der Waals surface area contributed by atoms with Crippen LogP contribution in [0.15, 0.2) is 10.8 Å². The summed E-state index contributed by atoms with van der Waals surface area (Å²) in [6, 6.07) is 0. The summed E-state index contributed by atoms with van der Waals surface area (Å²) < 4.78 is 0.782. The van der Waals surface area contributed by atoms with Gasteiger partial charge in [-0.3, -0.25) is 0 Å². The van der Waals surface area contributed by atoms with Crippen LogP contribution in [-0.2, 0) is 0 Å². The Kier molecular flexibility index (Phi) is 1.66. The SMILES string of the molecule is Cc1ncnc(N)c1Br. The van der Waals surface area contributed by atoms with Crippen LogP contribution in [0.1, 0.15) is 5.69 Å². The van der Waals surface area contributed by atoms with E-state index in [2.05, 4.69) is 25.9 Å². The lowest BCUT2D eigenvalue weighted by Gasteiger charge is -1.96. The van der Waals surface area contributed by atoms with Crippen LogP contribution in [0.5, 0.6) is 0 Å². The zero-order valence-corrected chi connectivity index (χ0v) is 6.51. The van der Waals surface area contributed by atoms with Gasteiger partial charge in [0.1, 0.15) is 12.1 Å². The van der Waals surface area contributed by atoms with Crippen molar-refractivity contribution in [2.24, 2.45) is 0 Å². The molecular formula is C5H6BrN3. The number of nitrogens with two attached hydrogens (primary N) is 1. The van der Waals surface area contributed by atoms with Crippen LogP contribution in [0.25, 0.3) is 0 Å². The third kappa shape index (κ3) is 1.18. The molecule has 1 aromatic heterocycles. The first-order valence-electron chi connectivity index (χ1n) is 2.44. The van der Waals surface area contributed by atoms with Crippen LogP contribution in [0.3, 0.4) is 0 Å². The monoisotopic (exact) mass is 187 g/mol. The van der Waals surface area contributed by atoms with Gasteiger partial charge >= 0.3 is 0 Å². The van der Waals surface area contributed by atoms with Crippen molar-refractivity contribution in [3.8, 4) is 0 Å². The standard InChI is InChI=1S/C5H6BrN3/c1-3-4(6)5(7)9-2-8-3/h2H,1H3,(H2,7,8,9). The van der Waals surface area contributed by atoms with Crippen molar-refractivity contribution in [1.29, 1.82) is 0 Å². The van der Waals surface area contributed by atoms with Crippen molar-refractivity contribution in [2.45, 2.75) is 6.92 Å². The number of hydrogen-bond donors (Lipinski definition) is 1. The zero-order chi connectivity index (χ0) is 6.85. The number of halogens is 1. The molecule has 48 valence electrons. The Hall–Kier alpha value is -0.640. The van der Waals surface area contributed by atoms with Gasteiger partial charge in [0.2, 0.25) is 0 Å². The Bertz CT molecular complexity index is 203. The highest BCUT2D eigenvalue weighted by Crippen LogP contribution is 2.17. The first kappa shape index (κ1) is 6.48. The summed E-state index contributed by atoms with van der Waals surface area (Å²) in [5.41, 5.74) is 6.29.